The van der Waals surface area contributed by atoms with E-state index in [1.807, 2.05) is 23.9 Å². The molecule has 0 saturated heterocycles. The van der Waals surface area contributed by atoms with Gasteiger partial charge in [0.2, 0.25) is 0 Å². The molecule has 94 valence electrons. The number of hydrogen-bond donors (Lipinski definition) is 1. The van der Waals surface area contributed by atoms with Crippen LogP contribution in [-0.4, -0.2) is 18.3 Å². The maximum absolute atomic E-state index is 6.16. The highest BCUT2D eigenvalue weighted by atomic mass is 35.5. The molecule has 1 aromatic carbocycles. The predicted octanol–water partition coefficient (Wildman–Crippen LogP) is 4.21. The van der Waals surface area contributed by atoms with Gasteiger partial charge >= 0.3 is 0 Å². The van der Waals surface area contributed by atoms with Crippen molar-refractivity contribution in [3.63, 3.8) is 0 Å². The van der Waals surface area contributed by atoms with Crippen molar-refractivity contribution >= 4 is 23.4 Å². The van der Waals surface area contributed by atoms with Crippen LogP contribution < -0.4 is 5.32 Å². The van der Waals surface area contributed by atoms with E-state index in [0.717, 1.165) is 23.2 Å². The summed E-state index contributed by atoms with van der Waals surface area (Å²) in [5, 5.41) is 4.45. The molecule has 0 heterocycles. The summed E-state index contributed by atoms with van der Waals surface area (Å²) in [5.41, 5.74) is 0. The molecule has 0 spiro atoms. The molecule has 1 N–H and O–H groups in total. The van der Waals surface area contributed by atoms with Crippen LogP contribution in [-0.2, 0) is 0 Å². The summed E-state index contributed by atoms with van der Waals surface area (Å²) in [5.74, 6) is 2.10. The zero-order chi connectivity index (χ0) is 12.1. The maximum Gasteiger partial charge on any atom is 0.0541 e. The minimum absolute atomic E-state index is 0.633. The minimum Gasteiger partial charge on any atom is -0.313 e. The van der Waals surface area contributed by atoms with Gasteiger partial charge in [0.1, 0.15) is 0 Å². The molecular weight excluding hydrogens is 250 g/mol. The Morgan fingerprint density at radius 1 is 1.41 bits per heavy atom. The molecule has 1 atom stereocenters. The van der Waals surface area contributed by atoms with Crippen molar-refractivity contribution in [3.8, 4) is 0 Å². The molecule has 1 nitrogen and oxygen atoms in total. The van der Waals surface area contributed by atoms with Crippen molar-refractivity contribution in [1.82, 2.24) is 5.32 Å². The van der Waals surface area contributed by atoms with Gasteiger partial charge in [-0.05, 0) is 31.0 Å². The molecule has 1 aliphatic carbocycles. The Morgan fingerprint density at radius 2 is 2.18 bits per heavy atom. The Balaban J connectivity index is 1.83. The Hall–Kier alpha value is -0.180. The van der Waals surface area contributed by atoms with Crippen LogP contribution in [0.3, 0.4) is 0 Å². The van der Waals surface area contributed by atoms with E-state index in [1.54, 1.807) is 0 Å². The van der Waals surface area contributed by atoms with Gasteiger partial charge in [0.05, 0.1) is 5.02 Å². The molecule has 1 aliphatic rings. The van der Waals surface area contributed by atoms with Crippen LogP contribution in [0.5, 0.6) is 0 Å². The number of thioether (sulfide) groups is 1. The molecule has 0 aliphatic heterocycles. The fraction of sp³-hybridized carbons (Fsp3) is 0.571. The molecule has 2 rings (SSSR count). The molecule has 1 aromatic rings. The highest BCUT2D eigenvalue weighted by Crippen LogP contribution is 2.35. The molecule has 1 fully saturated rings. The van der Waals surface area contributed by atoms with Crippen LogP contribution in [0.1, 0.15) is 26.2 Å². The first-order valence-electron chi connectivity index (χ1n) is 6.40. The quantitative estimate of drug-likeness (QED) is 0.744. The van der Waals surface area contributed by atoms with Gasteiger partial charge in [-0.2, -0.15) is 0 Å². The second-order valence-electron chi connectivity index (χ2n) is 4.68. The van der Waals surface area contributed by atoms with Crippen molar-refractivity contribution in [2.45, 2.75) is 37.1 Å². The first kappa shape index (κ1) is 13.3. The van der Waals surface area contributed by atoms with Gasteiger partial charge in [0.15, 0.2) is 0 Å². The Kier molecular flexibility index (Phi) is 5.20. The zero-order valence-electron chi connectivity index (χ0n) is 10.3. The van der Waals surface area contributed by atoms with Gasteiger partial charge in [-0.15, -0.1) is 11.8 Å². The van der Waals surface area contributed by atoms with Gasteiger partial charge < -0.3 is 5.32 Å². The molecule has 1 unspecified atom stereocenters. The van der Waals surface area contributed by atoms with Gasteiger partial charge in [0.25, 0.3) is 0 Å². The predicted molar refractivity (Wildman–Crippen MR) is 77.0 cm³/mol. The molecule has 3 heteroatoms. The number of benzene rings is 1. The van der Waals surface area contributed by atoms with E-state index >= 15 is 0 Å². The molecule has 17 heavy (non-hydrogen) atoms. The average molecular weight is 270 g/mol. The Labute approximate surface area is 113 Å². The smallest absolute Gasteiger partial charge is 0.0541 e. The van der Waals surface area contributed by atoms with Crippen LogP contribution >= 0.6 is 23.4 Å². The SMILES string of the molecule is CCNC(CSc1ccccc1Cl)CC1CC1. The van der Waals surface area contributed by atoms with Gasteiger partial charge in [-0.25, -0.2) is 0 Å². The fourth-order valence-electron chi connectivity index (χ4n) is 2.01. The standard InChI is InChI=1S/C14H20ClNS/c1-2-16-12(9-11-7-8-11)10-17-14-6-4-3-5-13(14)15/h3-6,11-12,16H,2,7-10H2,1H3. The number of halogens is 1. The van der Waals surface area contributed by atoms with E-state index in [4.69, 9.17) is 11.6 Å². The molecule has 0 aromatic heterocycles. The second-order valence-corrected chi connectivity index (χ2v) is 6.14. The van der Waals surface area contributed by atoms with Gasteiger partial charge in [0, 0.05) is 16.7 Å². The second kappa shape index (κ2) is 6.67. The summed E-state index contributed by atoms with van der Waals surface area (Å²) >= 11 is 8.03. The first-order valence-corrected chi connectivity index (χ1v) is 7.76. The molecule has 1 saturated carbocycles. The van der Waals surface area contributed by atoms with Crippen LogP contribution in [0.15, 0.2) is 29.2 Å². The number of hydrogen-bond acceptors (Lipinski definition) is 2. The van der Waals surface area contributed by atoms with E-state index < -0.39 is 0 Å². The molecular formula is C14H20ClNS. The Bertz CT molecular complexity index is 352. The van der Waals surface area contributed by atoms with E-state index in [-0.39, 0.29) is 0 Å². The van der Waals surface area contributed by atoms with Crippen molar-refractivity contribution < 1.29 is 0 Å². The zero-order valence-corrected chi connectivity index (χ0v) is 11.9. The highest BCUT2D eigenvalue weighted by molar-refractivity contribution is 7.99. The fourth-order valence-corrected chi connectivity index (χ4v) is 3.32. The molecule has 0 amide bonds. The summed E-state index contributed by atoms with van der Waals surface area (Å²) in [6, 6.07) is 8.74. The summed E-state index contributed by atoms with van der Waals surface area (Å²) < 4.78 is 0. The summed E-state index contributed by atoms with van der Waals surface area (Å²) in [4.78, 5) is 1.20. The summed E-state index contributed by atoms with van der Waals surface area (Å²) in [6.07, 6.45) is 4.18. The average Bonchev–Trinajstić information content (AvgIpc) is 3.12. The number of rotatable bonds is 7. The lowest BCUT2D eigenvalue weighted by molar-refractivity contribution is 0.508. The van der Waals surface area contributed by atoms with Gasteiger partial charge in [-0.3, -0.25) is 0 Å². The third-order valence-electron chi connectivity index (χ3n) is 3.08. The van der Waals surface area contributed by atoms with E-state index in [0.29, 0.717) is 6.04 Å². The van der Waals surface area contributed by atoms with E-state index in [2.05, 4.69) is 24.4 Å². The lowest BCUT2D eigenvalue weighted by Gasteiger charge is -2.17. The lowest BCUT2D eigenvalue weighted by Crippen LogP contribution is -2.31. The molecule has 0 radical (unpaired) electrons. The van der Waals surface area contributed by atoms with Crippen molar-refractivity contribution in [3.05, 3.63) is 29.3 Å². The van der Waals surface area contributed by atoms with Crippen LogP contribution in [0.4, 0.5) is 0 Å². The number of nitrogens with one attached hydrogen (secondary N) is 1. The monoisotopic (exact) mass is 269 g/mol. The van der Waals surface area contributed by atoms with Crippen molar-refractivity contribution in [2.75, 3.05) is 12.3 Å². The first-order chi connectivity index (χ1) is 8.29. The van der Waals surface area contributed by atoms with E-state index in [9.17, 15) is 0 Å². The summed E-state index contributed by atoms with van der Waals surface area (Å²) in [7, 11) is 0. The normalized spacial score (nSPS) is 17.1. The minimum atomic E-state index is 0.633. The van der Waals surface area contributed by atoms with Crippen molar-refractivity contribution in [1.29, 1.82) is 0 Å². The largest absolute Gasteiger partial charge is 0.313 e. The highest BCUT2D eigenvalue weighted by Gasteiger charge is 2.25. The third kappa shape index (κ3) is 4.53. The topological polar surface area (TPSA) is 12.0 Å². The van der Waals surface area contributed by atoms with Crippen LogP contribution in [0, 0.1) is 5.92 Å². The third-order valence-corrected chi connectivity index (χ3v) is 4.76. The van der Waals surface area contributed by atoms with Crippen molar-refractivity contribution in [2.24, 2.45) is 5.92 Å². The Morgan fingerprint density at radius 3 is 2.82 bits per heavy atom. The summed E-state index contributed by atoms with van der Waals surface area (Å²) in [6.45, 7) is 3.24. The van der Waals surface area contributed by atoms with E-state index in [1.165, 1.54) is 24.2 Å². The lowest BCUT2D eigenvalue weighted by atomic mass is 10.1. The maximum atomic E-state index is 6.16. The van der Waals surface area contributed by atoms with Crippen LogP contribution in [0.25, 0.3) is 0 Å². The van der Waals surface area contributed by atoms with Crippen LogP contribution in [0.2, 0.25) is 5.02 Å². The molecule has 0 bridgehead atoms. The van der Waals surface area contributed by atoms with Gasteiger partial charge in [-0.1, -0.05) is 43.5 Å².